The number of carbonyl (C=O) groups is 4. The van der Waals surface area contributed by atoms with Crippen molar-refractivity contribution in [2.45, 2.75) is 50.3 Å². The molecule has 0 aromatic heterocycles. The summed E-state index contributed by atoms with van der Waals surface area (Å²) in [7, 11) is 0. The quantitative estimate of drug-likeness (QED) is 0.278. The summed E-state index contributed by atoms with van der Waals surface area (Å²) in [4.78, 5) is 53.6. The van der Waals surface area contributed by atoms with E-state index in [4.69, 9.17) is 0 Å². The van der Waals surface area contributed by atoms with Crippen molar-refractivity contribution in [1.82, 2.24) is 9.80 Å². The molecule has 0 unspecified atom stereocenters. The number of hydrogen-bond acceptors (Lipinski definition) is 8. The third kappa shape index (κ3) is 5.30. The van der Waals surface area contributed by atoms with Crippen molar-refractivity contribution in [3.8, 4) is 5.75 Å². The molecule has 2 amide bonds. The number of benzene rings is 2. The Morgan fingerprint density at radius 1 is 1.10 bits per heavy atom. The Morgan fingerprint density at radius 2 is 1.83 bits per heavy atom. The number of anilines is 1. The van der Waals surface area contributed by atoms with Gasteiger partial charge in [0.25, 0.3) is 0 Å². The van der Waals surface area contributed by atoms with E-state index in [0.29, 0.717) is 29.1 Å². The fourth-order valence-corrected chi connectivity index (χ4v) is 7.63. The van der Waals surface area contributed by atoms with E-state index in [2.05, 4.69) is 5.32 Å². The van der Waals surface area contributed by atoms with Gasteiger partial charge in [0.2, 0.25) is 11.8 Å². The lowest BCUT2D eigenvalue weighted by Crippen LogP contribution is -2.63. The highest BCUT2D eigenvalue weighted by Gasteiger charge is 2.60. The van der Waals surface area contributed by atoms with E-state index in [0.717, 1.165) is 0 Å². The summed E-state index contributed by atoms with van der Waals surface area (Å²) >= 11 is 1.34. The monoisotopic (exact) mass is 581 g/mol. The number of amides is 2. The van der Waals surface area contributed by atoms with Crippen molar-refractivity contribution in [2.75, 3.05) is 11.9 Å². The van der Waals surface area contributed by atoms with Gasteiger partial charge in [0.05, 0.1) is 29.7 Å². The van der Waals surface area contributed by atoms with Crippen LogP contribution in [0.5, 0.6) is 5.75 Å². The number of aliphatic carboxylic acids is 1. The van der Waals surface area contributed by atoms with E-state index in [-0.39, 0.29) is 40.6 Å². The molecule has 3 aliphatic heterocycles. The van der Waals surface area contributed by atoms with Crippen LogP contribution < -0.4 is 5.32 Å². The van der Waals surface area contributed by atoms with E-state index in [1.807, 2.05) is 11.8 Å². The van der Waals surface area contributed by atoms with Crippen molar-refractivity contribution in [3.63, 3.8) is 0 Å². The number of aliphatic hydroxyl groups is 1. The Hall–Kier alpha value is -3.87. The van der Waals surface area contributed by atoms with Crippen LogP contribution in [0.4, 0.5) is 5.69 Å². The van der Waals surface area contributed by atoms with Gasteiger partial charge in [-0.15, -0.1) is 11.8 Å². The van der Waals surface area contributed by atoms with Crippen LogP contribution in [0.1, 0.15) is 36.2 Å². The Kier molecular flexibility index (Phi) is 7.82. The lowest BCUT2D eigenvalue weighted by atomic mass is 9.79. The van der Waals surface area contributed by atoms with Crippen LogP contribution in [0, 0.1) is 11.8 Å². The van der Waals surface area contributed by atoms with Crippen molar-refractivity contribution in [3.05, 3.63) is 70.3 Å². The number of fused-ring (bicyclic) bond motifs is 1. The van der Waals surface area contributed by atoms with Gasteiger partial charge in [-0.1, -0.05) is 31.2 Å². The number of aromatic carboxylic acids is 1. The number of phenolic OH excluding ortho intramolecular Hbond substituents is 1. The van der Waals surface area contributed by atoms with E-state index in [1.165, 1.54) is 35.7 Å². The third-order valence-corrected chi connectivity index (χ3v) is 9.51. The second kappa shape index (κ2) is 11.2. The number of aliphatic hydroxyl groups excluding tert-OH is 1. The number of phenols is 1. The Bertz CT molecular complexity index is 1440. The van der Waals surface area contributed by atoms with Crippen molar-refractivity contribution in [1.29, 1.82) is 0 Å². The zero-order valence-electron chi connectivity index (χ0n) is 22.4. The third-order valence-electron chi connectivity index (χ3n) is 8.01. The molecule has 216 valence electrons. The minimum absolute atomic E-state index is 0.0340. The fraction of sp³-hybridized carbons (Fsp3) is 0.379. The topological polar surface area (TPSA) is 168 Å². The number of β-lactam (4-membered cyclic amide) rings is 1. The van der Waals surface area contributed by atoms with Gasteiger partial charge < -0.3 is 30.6 Å². The van der Waals surface area contributed by atoms with E-state index in [9.17, 15) is 39.6 Å². The first-order valence-electron chi connectivity index (χ1n) is 13.3. The predicted molar refractivity (Wildman–Crippen MR) is 150 cm³/mol. The lowest BCUT2D eigenvalue weighted by Gasteiger charge is -2.46. The predicted octanol–water partition coefficient (Wildman–Crippen LogP) is 2.56. The molecule has 0 radical (unpaired) electrons. The average Bonchev–Trinajstić information content (AvgIpc) is 3.42. The molecule has 41 heavy (non-hydrogen) atoms. The van der Waals surface area contributed by atoms with Crippen LogP contribution in [0.25, 0.3) is 0 Å². The Labute approximate surface area is 240 Å². The van der Waals surface area contributed by atoms with Crippen LogP contribution in [0.3, 0.4) is 0 Å². The Balaban J connectivity index is 1.40. The molecule has 3 aliphatic rings. The average molecular weight is 582 g/mol. The van der Waals surface area contributed by atoms with Gasteiger partial charge in [-0.2, -0.15) is 0 Å². The maximum Gasteiger partial charge on any atom is 0.353 e. The van der Waals surface area contributed by atoms with Crippen molar-refractivity contribution < 1.29 is 39.6 Å². The number of thioether (sulfide) groups is 1. The molecule has 11 nitrogen and oxygen atoms in total. The molecular formula is C29H31N3O8S. The maximum atomic E-state index is 13.5. The number of carbonyl (C=O) groups excluding carboxylic acids is 2. The van der Waals surface area contributed by atoms with Gasteiger partial charge in [0.15, 0.2) is 0 Å². The van der Waals surface area contributed by atoms with Crippen LogP contribution in [0.15, 0.2) is 59.1 Å². The number of rotatable bonds is 9. The summed E-state index contributed by atoms with van der Waals surface area (Å²) in [5.41, 5.74) is 0.922. The van der Waals surface area contributed by atoms with Gasteiger partial charge in [0, 0.05) is 40.4 Å². The Morgan fingerprint density at radius 3 is 2.49 bits per heavy atom. The van der Waals surface area contributed by atoms with Crippen molar-refractivity contribution in [2.24, 2.45) is 11.8 Å². The SMILES string of the molecule is C[C@@H](O)[C@H]1C(=O)N2C(C(=O)O)=C(S[C@H]3C[C@@H](C(=O)Nc4cccc(C(=O)O)c4)N(Cc4ccccc4O)C3)[C@H](C)[C@H]12. The molecule has 12 heteroatoms. The normalized spacial score (nSPS) is 26.5. The number of nitrogens with one attached hydrogen (secondary N) is 1. The number of carboxylic acids is 2. The molecule has 0 bridgehead atoms. The van der Waals surface area contributed by atoms with E-state index < -0.39 is 42.0 Å². The van der Waals surface area contributed by atoms with Crippen LogP contribution in [0.2, 0.25) is 0 Å². The molecule has 2 aromatic carbocycles. The molecular weight excluding hydrogens is 550 g/mol. The van der Waals surface area contributed by atoms with Gasteiger partial charge in [-0.05, 0) is 37.6 Å². The van der Waals surface area contributed by atoms with Crippen LogP contribution >= 0.6 is 11.8 Å². The fourth-order valence-electron chi connectivity index (χ4n) is 6.07. The van der Waals surface area contributed by atoms with Gasteiger partial charge in [-0.3, -0.25) is 14.5 Å². The summed E-state index contributed by atoms with van der Waals surface area (Å²) < 4.78 is 0. The van der Waals surface area contributed by atoms with Crippen molar-refractivity contribution >= 4 is 41.2 Å². The number of carboxylic acid groups (broad SMARTS) is 2. The minimum Gasteiger partial charge on any atom is -0.508 e. The molecule has 2 fully saturated rings. The first-order chi connectivity index (χ1) is 19.5. The molecule has 3 heterocycles. The standard InChI is InChI=1S/C29H31N3O8S/c1-14-23-22(15(2)33)27(36)32(23)24(29(39)40)25(14)41-19-11-20(31(13-19)12-17-6-3-4-9-21(17)34)26(35)30-18-8-5-7-16(10-18)28(37)38/h3-10,14-15,19-20,22-23,33-34H,11-13H2,1-2H3,(H,30,35)(H,37,38)(H,39,40)/t14-,15-,19+,20+,22-,23-/m1/s1. The molecule has 0 saturated carbocycles. The van der Waals surface area contributed by atoms with Crippen LogP contribution in [-0.4, -0.2) is 84.0 Å². The first kappa shape index (κ1) is 28.7. The highest BCUT2D eigenvalue weighted by molar-refractivity contribution is 8.03. The molecule has 0 spiro atoms. The summed E-state index contributed by atoms with van der Waals surface area (Å²) in [5.74, 6) is -3.97. The molecule has 5 rings (SSSR count). The zero-order valence-corrected chi connectivity index (χ0v) is 23.2. The molecule has 6 atom stereocenters. The van der Waals surface area contributed by atoms with Gasteiger partial charge >= 0.3 is 11.9 Å². The summed E-state index contributed by atoms with van der Waals surface area (Å²) in [6, 6.07) is 11.7. The first-order valence-corrected chi connectivity index (χ1v) is 14.2. The highest BCUT2D eigenvalue weighted by atomic mass is 32.2. The summed E-state index contributed by atoms with van der Waals surface area (Å²) in [6.07, 6.45) is -0.552. The second-order valence-corrected chi connectivity index (χ2v) is 12.0. The molecule has 5 N–H and O–H groups in total. The maximum absolute atomic E-state index is 13.5. The molecule has 0 aliphatic carbocycles. The molecule has 2 aromatic rings. The van der Waals surface area contributed by atoms with E-state index >= 15 is 0 Å². The largest absolute Gasteiger partial charge is 0.508 e. The number of para-hydroxylation sites is 1. The molecule has 2 saturated heterocycles. The summed E-state index contributed by atoms with van der Waals surface area (Å²) in [5, 5.41) is 42.4. The number of nitrogens with zero attached hydrogens (tertiary/aromatic N) is 2. The zero-order chi connectivity index (χ0) is 29.6. The van der Waals surface area contributed by atoms with E-state index in [1.54, 1.807) is 36.4 Å². The minimum atomic E-state index is -1.21. The van der Waals surface area contributed by atoms with Gasteiger partial charge in [-0.25, -0.2) is 9.59 Å². The highest BCUT2D eigenvalue weighted by Crippen LogP contribution is 2.52. The number of hydrogen-bond donors (Lipinski definition) is 5. The number of aromatic hydroxyl groups is 1. The summed E-state index contributed by atoms with van der Waals surface area (Å²) in [6.45, 7) is 4.04. The lowest BCUT2D eigenvalue weighted by molar-refractivity contribution is -0.163. The number of likely N-dealkylation sites (tertiary alicyclic amines) is 1. The second-order valence-electron chi connectivity index (χ2n) is 10.7. The smallest absolute Gasteiger partial charge is 0.353 e. The van der Waals surface area contributed by atoms with Crippen LogP contribution in [-0.2, 0) is 20.9 Å². The van der Waals surface area contributed by atoms with Gasteiger partial charge in [0.1, 0.15) is 11.4 Å².